The summed E-state index contributed by atoms with van der Waals surface area (Å²) in [6.07, 6.45) is 6.95. The molecule has 0 N–H and O–H groups in total. The van der Waals surface area contributed by atoms with Gasteiger partial charge in [0.1, 0.15) is 6.10 Å². The highest BCUT2D eigenvalue weighted by Gasteiger charge is 2.25. The number of carbonyl (C=O) groups is 1. The van der Waals surface area contributed by atoms with Crippen molar-refractivity contribution in [3.63, 3.8) is 0 Å². The second-order valence-corrected chi connectivity index (χ2v) is 7.35. The molecule has 0 aliphatic carbocycles. The van der Waals surface area contributed by atoms with Crippen molar-refractivity contribution >= 4 is 12.0 Å². The van der Waals surface area contributed by atoms with Crippen molar-refractivity contribution in [2.75, 3.05) is 19.6 Å². The van der Waals surface area contributed by atoms with Gasteiger partial charge in [-0.2, -0.15) is 0 Å². The highest BCUT2D eigenvalue weighted by Crippen LogP contribution is 2.28. The first kappa shape index (κ1) is 19.4. The maximum Gasteiger partial charge on any atom is 0.331 e. The first-order valence-corrected chi connectivity index (χ1v) is 9.93. The maximum atomic E-state index is 12.5. The van der Waals surface area contributed by atoms with Crippen LogP contribution in [0, 0.1) is 5.92 Å². The van der Waals surface area contributed by atoms with Gasteiger partial charge in [-0.3, -0.25) is 0 Å². The molecular formula is C24H29NO2. The number of rotatable bonds is 7. The lowest BCUT2D eigenvalue weighted by atomic mass is 9.95. The number of esters is 1. The molecule has 27 heavy (non-hydrogen) atoms. The fourth-order valence-corrected chi connectivity index (χ4v) is 3.69. The zero-order valence-electron chi connectivity index (χ0n) is 16.1. The van der Waals surface area contributed by atoms with E-state index in [2.05, 4.69) is 11.8 Å². The van der Waals surface area contributed by atoms with E-state index in [1.165, 1.54) is 25.3 Å². The van der Waals surface area contributed by atoms with Crippen LogP contribution in [-0.2, 0) is 9.53 Å². The Balaban J connectivity index is 1.68. The van der Waals surface area contributed by atoms with Crippen molar-refractivity contribution in [2.24, 2.45) is 5.92 Å². The van der Waals surface area contributed by atoms with Crippen LogP contribution >= 0.6 is 0 Å². The minimum Gasteiger partial charge on any atom is -0.454 e. The first-order chi connectivity index (χ1) is 13.2. The van der Waals surface area contributed by atoms with Gasteiger partial charge in [-0.15, -0.1) is 0 Å². The standard InChI is InChI=1S/C24H29NO2/c1-20(19-25-17-9-4-10-18-25)24(22-13-7-3-8-14-22)27-23(26)16-15-21-11-5-2-6-12-21/h2-3,5-8,11-16,20,24H,4,9-10,17-19H2,1H3/b16-15+. The van der Waals surface area contributed by atoms with E-state index in [0.717, 1.165) is 30.8 Å². The molecule has 2 aromatic carbocycles. The molecule has 1 fully saturated rings. The molecule has 1 heterocycles. The lowest BCUT2D eigenvalue weighted by Gasteiger charge is -2.32. The van der Waals surface area contributed by atoms with Crippen LogP contribution in [0.1, 0.15) is 43.4 Å². The van der Waals surface area contributed by atoms with Gasteiger partial charge in [-0.05, 0) is 43.1 Å². The molecule has 0 radical (unpaired) electrons. The molecule has 3 rings (SSSR count). The average Bonchev–Trinajstić information content (AvgIpc) is 2.72. The zero-order chi connectivity index (χ0) is 18.9. The predicted octanol–water partition coefficient (Wildman–Crippen LogP) is 5.11. The summed E-state index contributed by atoms with van der Waals surface area (Å²) in [7, 11) is 0. The van der Waals surface area contributed by atoms with E-state index in [1.807, 2.05) is 60.7 Å². The van der Waals surface area contributed by atoms with E-state index in [1.54, 1.807) is 6.08 Å². The van der Waals surface area contributed by atoms with E-state index < -0.39 is 0 Å². The average molecular weight is 364 g/mol. The zero-order valence-corrected chi connectivity index (χ0v) is 16.1. The Morgan fingerprint density at radius 1 is 1.00 bits per heavy atom. The molecule has 3 nitrogen and oxygen atoms in total. The van der Waals surface area contributed by atoms with Crippen molar-refractivity contribution < 1.29 is 9.53 Å². The van der Waals surface area contributed by atoms with Crippen molar-refractivity contribution in [3.8, 4) is 0 Å². The van der Waals surface area contributed by atoms with Crippen LogP contribution in [0.3, 0.4) is 0 Å². The van der Waals surface area contributed by atoms with E-state index in [-0.39, 0.29) is 18.0 Å². The maximum absolute atomic E-state index is 12.5. The van der Waals surface area contributed by atoms with Crippen molar-refractivity contribution in [3.05, 3.63) is 77.9 Å². The number of likely N-dealkylation sites (tertiary alicyclic amines) is 1. The Morgan fingerprint density at radius 3 is 2.30 bits per heavy atom. The molecule has 1 saturated heterocycles. The van der Waals surface area contributed by atoms with Gasteiger partial charge < -0.3 is 9.64 Å². The van der Waals surface area contributed by atoms with Gasteiger partial charge in [0.25, 0.3) is 0 Å². The van der Waals surface area contributed by atoms with Gasteiger partial charge in [-0.1, -0.05) is 74.0 Å². The van der Waals surface area contributed by atoms with Crippen LogP contribution in [0.4, 0.5) is 0 Å². The van der Waals surface area contributed by atoms with Crippen LogP contribution in [0.2, 0.25) is 0 Å². The molecule has 0 aromatic heterocycles. The van der Waals surface area contributed by atoms with Crippen molar-refractivity contribution in [1.29, 1.82) is 0 Å². The fourth-order valence-electron chi connectivity index (χ4n) is 3.69. The SMILES string of the molecule is CC(CN1CCCCC1)C(OC(=O)/C=C/c1ccccc1)c1ccccc1. The van der Waals surface area contributed by atoms with Gasteiger partial charge in [0.05, 0.1) is 0 Å². The Labute approximate surface area is 162 Å². The summed E-state index contributed by atoms with van der Waals surface area (Å²) in [6.45, 7) is 5.43. The van der Waals surface area contributed by atoms with E-state index >= 15 is 0 Å². The lowest BCUT2D eigenvalue weighted by Crippen LogP contribution is -2.36. The number of benzene rings is 2. The van der Waals surface area contributed by atoms with Crippen LogP contribution in [0.5, 0.6) is 0 Å². The van der Waals surface area contributed by atoms with Crippen LogP contribution < -0.4 is 0 Å². The third kappa shape index (κ3) is 6.07. The minimum absolute atomic E-state index is 0.235. The molecule has 2 atom stereocenters. The Kier molecular flexibility index (Phi) is 7.23. The third-order valence-electron chi connectivity index (χ3n) is 5.09. The second-order valence-electron chi connectivity index (χ2n) is 7.35. The summed E-state index contributed by atoms with van der Waals surface area (Å²) in [5.74, 6) is -0.0576. The molecule has 3 heteroatoms. The molecule has 0 amide bonds. The number of nitrogens with zero attached hydrogens (tertiary/aromatic N) is 1. The number of ether oxygens (including phenoxy) is 1. The van der Waals surface area contributed by atoms with Crippen LogP contribution in [0.25, 0.3) is 6.08 Å². The van der Waals surface area contributed by atoms with Crippen molar-refractivity contribution in [2.45, 2.75) is 32.3 Å². The summed E-state index contributed by atoms with van der Waals surface area (Å²) in [5.41, 5.74) is 2.05. The molecule has 1 aliphatic rings. The van der Waals surface area contributed by atoms with Crippen LogP contribution in [-0.4, -0.2) is 30.5 Å². The molecule has 0 bridgehead atoms. The highest BCUT2D eigenvalue weighted by molar-refractivity contribution is 5.87. The molecule has 0 saturated carbocycles. The summed E-state index contributed by atoms with van der Waals surface area (Å²) < 4.78 is 5.91. The molecule has 0 spiro atoms. The Hall–Kier alpha value is -2.39. The fraction of sp³-hybridized carbons (Fsp3) is 0.375. The second kappa shape index (κ2) is 10.1. The monoisotopic (exact) mass is 363 g/mol. The molecule has 1 aliphatic heterocycles. The smallest absolute Gasteiger partial charge is 0.331 e. The molecular weight excluding hydrogens is 334 g/mol. The van der Waals surface area contributed by atoms with Crippen molar-refractivity contribution in [1.82, 2.24) is 4.90 Å². The lowest BCUT2D eigenvalue weighted by molar-refractivity contribution is -0.146. The summed E-state index contributed by atoms with van der Waals surface area (Å²) >= 11 is 0. The van der Waals surface area contributed by atoms with E-state index in [0.29, 0.717) is 0 Å². The third-order valence-corrected chi connectivity index (χ3v) is 5.09. The van der Waals surface area contributed by atoms with Crippen LogP contribution in [0.15, 0.2) is 66.7 Å². The quantitative estimate of drug-likeness (QED) is 0.506. The van der Waals surface area contributed by atoms with Gasteiger partial charge in [-0.25, -0.2) is 4.79 Å². The summed E-state index contributed by atoms with van der Waals surface area (Å²) in [6, 6.07) is 19.9. The summed E-state index contributed by atoms with van der Waals surface area (Å²) in [4.78, 5) is 15.0. The number of piperidine rings is 1. The normalized spacial score (nSPS) is 17.5. The Morgan fingerprint density at radius 2 is 1.63 bits per heavy atom. The first-order valence-electron chi connectivity index (χ1n) is 9.93. The minimum atomic E-state index is -0.293. The number of hydrogen-bond donors (Lipinski definition) is 0. The molecule has 2 unspecified atom stereocenters. The van der Waals surface area contributed by atoms with Gasteiger partial charge in [0.2, 0.25) is 0 Å². The topological polar surface area (TPSA) is 29.5 Å². The van der Waals surface area contributed by atoms with Gasteiger partial charge in [0.15, 0.2) is 0 Å². The predicted molar refractivity (Wildman–Crippen MR) is 110 cm³/mol. The van der Waals surface area contributed by atoms with Gasteiger partial charge >= 0.3 is 5.97 Å². The number of hydrogen-bond acceptors (Lipinski definition) is 3. The highest BCUT2D eigenvalue weighted by atomic mass is 16.5. The molecule has 142 valence electrons. The summed E-state index contributed by atoms with van der Waals surface area (Å²) in [5, 5.41) is 0. The largest absolute Gasteiger partial charge is 0.454 e. The van der Waals surface area contributed by atoms with E-state index in [9.17, 15) is 4.79 Å². The molecule has 2 aromatic rings. The van der Waals surface area contributed by atoms with Gasteiger partial charge in [0, 0.05) is 18.5 Å². The number of carbonyl (C=O) groups excluding carboxylic acids is 1. The Bertz CT molecular complexity index is 721. The van der Waals surface area contributed by atoms with E-state index in [4.69, 9.17) is 4.74 Å².